The first-order chi connectivity index (χ1) is 8.88. The molecule has 0 aromatic heterocycles. The summed E-state index contributed by atoms with van der Waals surface area (Å²) in [7, 11) is -4.58. The number of sulfone groups is 1. The van der Waals surface area contributed by atoms with Gasteiger partial charge < -0.3 is 10.4 Å². The van der Waals surface area contributed by atoms with E-state index in [1.807, 2.05) is 0 Å². The number of hydrogen-bond acceptors (Lipinski definition) is 4. The summed E-state index contributed by atoms with van der Waals surface area (Å²) in [6, 6.07) is 5.01. The Bertz CT molecular complexity index is 560. The molecule has 0 bridgehead atoms. The van der Waals surface area contributed by atoms with Crippen molar-refractivity contribution in [2.45, 2.75) is 49.5 Å². The Morgan fingerprint density at radius 3 is 1.90 bits per heavy atom. The Morgan fingerprint density at radius 2 is 1.55 bits per heavy atom. The van der Waals surface area contributed by atoms with Gasteiger partial charge in [-0.05, 0) is 52.0 Å². The molecule has 0 atom stereocenters. The molecule has 7 heteroatoms. The molecule has 0 aliphatic heterocycles. The van der Waals surface area contributed by atoms with Crippen molar-refractivity contribution in [2.24, 2.45) is 0 Å². The van der Waals surface area contributed by atoms with Crippen LogP contribution in [0.1, 0.15) is 27.7 Å². The first kappa shape index (κ1) is 16.8. The monoisotopic (exact) mass is 307 g/mol. The third kappa shape index (κ3) is 3.46. The lowest BCUT2D eigenvalue weighted by Crippen LogP contribution is -2.51. The molecule has 0 radical (unpaired) electrons. The molecule has 20 heavy (non-hydrogen) atoms. The van der Waals surface area contributed by atoms with Gasteiger partial charge in [0.15, 0.2) is 0 Å². The topological polar surface area (TPSA) is 66.4 Å². The van der Waals surface area contributed by atoms with Gasteiger partial charge in [0.2, 0.25) is 9.84 Å². The molecule has 1 aromatic rings. The van der Waals surface area contributed by atoms with Crippen LogP contribution in [0.3, 0.4) is 0 Å². The fourth-order valence-corrected chi connectivity index (χ4v) is 2.07. The van der Waals surface area contributed by atoms with Crippen molar-refractivity contribution >= 4 is 15.5 Å². The van der Waals surface area contributed by atoms with Crippen LogP contribution >= 0.6 is 0 Å². The molecule has 0 fully saturated rings. The maximum absolute atomic E-state index is 12.4. The molecule has 0 saturated carbocycles. The lowest BCUT2D eigenvalue weighted by molar-refractivity contribution is 0.0240. The highest BCUT2D eigenvalue weighted by atomic mass is 32.2. The SMILES string of the molecule is CC(C)(O)C(C)(C)Nc1ccc(S(=O)(=O)C(F)F)cc1. The second-order valence-electron chi connectivity index (χ2n) is 5.64. The van der Waals surface area contributed by atoms with E-state index in [4.69, 9.17) is 0 Å². The standard InChI is InChI=1S/C13H19F2NO3S/c1-12(2,13(3,4)17)16-9-5-7-10(8-6-9)20(18,19)11(14)15/h5-8,11,16-17H,1-4H3. The van der Waals surface area contributed by atoms with Crippen LogP contribution in [0.15, 0.2) is 29.2 Å². The fraction of sp³-hybridized carbons (Fsp3) is 0.538. The highest BCUT2D eigenvalue weighted by Crippen LogP contribution is 2.27. The molecule has 0 spiro atoms. The molecule has 0 saturated heterocycles. The predicted molar refractivity (Wildman–Crippen MR) is 73.6 cm³/mol. The van der Waals surface area contributed by atoms with E-state index in [1.165, 1.54) is 12.1 Å². The third-order valence-electron chi connectivity index (χ3n) is 3.40. The van der Waals surface area contributed by atoms with Crippen molar-refractivity contribution in [1.29, 1.82) is 0 Å². The predicted octanol–water partition coefficient (Wildman–Crippen LogP) is 2.64. The van der Waals surface area contributed by atoms with Crippen molar-refractivity contribution in [2.75, 3.05) is 5.32 Å². The number of aliphatic hydroxyl groups is 1. The van der Waals surface area contributed by atoms with Gasteiger partial charge in [0.1, 0.15) is 0 Å². The first-order valence-electron chi connectivity index (χ1n) is 6.00. The Balaban J connectivity index is 3.00. The summed E-state index contributed by atoms with van der Waals surface area (Å²) >= 11 is 0. The lowest BCUT2D eigenvalue weighted by Gasteiger charge is -2.38. The van der Waals surface area contributed by atoms with Crippen molar-refractivity contribution in [3.63, 3.8) is 0 Å². The molecule has 0 amide bonds. The van der Waals surface area contributed by atoms with E-state index in [-0.39, 0.29) is 0 Å². The van der Waals surface area contributed by atoms with Gasteiger partial charge in [-0.3, -0.25) is 0 Å². The van der Waals surface area contributed by atoms with Gasteiger partial charge in [-0.1, -0.05) is 0 Å². The Morgan fingerprint density at radius 1 is 1.10 bits per heavy atom. The number of alkyl halides is 2. The van der Waals surface area contributed by atoms with Crippen molar-refractivity contribution in [3.05, 3.63) is 24.3 Å². The van der Waals surface area contributed by atoms with E-state index in [9.17, 15) is 22.3 Å². The zero-order valence-corrected chi connectivity index (χ0v) is 12.6. The Hall–Kier alpha value is -1.21. The second-order valence-corrected chi connectivity index (χ2v) is 7.56. The highest BCUT2D eigenvalue weighted by molar-refractivity contribution is 7.91. The van der Waals surface area contributed by atoms with Gasteiger partial charge in [-0.25, -0.2) is 8.42 Å². The number of halogens is 2. The minimum Gasteiger partial charge on any atom is -0.388 e. The van der Waals surface area contributed by atoms with Crippen molar-refractivity contribution in [1.82, 2.24) is 0 Å². The molecular formula is C13H19F2NO3S. The van der Waals surface area contributed by atoms with E-state index in [0.29, 0.717) is 5.69 Å². The summed E-state index contributed by atoms with van der Waals surface area (Å²) in [5.74, 6) is -3.44. The van der Waals surface area contributed by atoms with Crippen LogP contribution in [-0.2, 0) is 9.84 Å². The van der Waals surface area contributed by atoms with Gasteiger partial charge >= 0.3 is 5.76 Å². The van der Waals surface area contributed by atoms with Gasteiger partial charge in [0, 0.05) is 5.69 Å². The van der Waals surface area contributed by atoms with Crippen LogP contribution in [0.4, 0.5) is 14.5 Å². The summed E-state index contributed by atoms with van der Waals surface area (Å²) < 4.78 is 47.3. The number of hydrogen-bond donors (Lipinski definition) is 2. The zero-order valence-electron chi connectivity index (χ0n) is 11.8. The number of nitrogens with one attached hydrogen (secondary N) is 1. The summed E-state index contributed by atoms with van der Waals surface area (Å²) in [4.78, 5) is -0.431. The molecule has 2 N–H and O–H groups in total. The van der Waals surface area contributed by atoms with Gasteiger partial charge in [0.05, 0.1) is 16.0 Å². The molecule has 0 heterocycles. The van der Waals surface area contributed by atoms with Crippen molar-refractivity contribution < 1.29 is 22.3 Å². The van der Waals surface area contributed by atoms with Gasteiger partial charge in [0.25, 0.3) is 0 Å². The minimum atomic E-state index is -4.58. The van der Waals surface area contributed by atoms with Gasteiger partial charge in [-0.15, -0.1) is 0 Å². The zero-order chi connectivity index (χ0) is 15.8. The van der Waals surface area contributed by atoms with Crippen LogP contribution in [0.2, 0.25) is 0 Å². The highest BCUT2D eigenvalue weighted by Gasteiger charge is 2.35. The maximum atomic E-state index is 12.4. The molecular weight excluding hydrogens is 288 g/mol. The smallest absolute Gasteiger partial charge is 0.341 e. The second kappa shape index (κ2) is 5.29. The third-order valence-corrected chi connectivity index (χ3v) is 4.80. The fourth-order valence-electron chi connectivity index (χ4n) is 1.34. The van der Waals surface area contributed by atoms with E-state index in [2.05, 4.69) is 5.32 Å². The average Bonchev–Trinajstić information content (AvgIpc) is 2.27. The number of rotatable bonds is 5. The summed E-state index contributed by atoms with van der Waals surface area (Å²) in [5.41, 5.74) is -1.18. The molecule has 1 aromatic carbocycles. The van der Waals surface area contributed by atoms with E-state index < -0.39 is 31.6 Å². The number of benzene rings is 1. The van der Waals surface area contributed by atoms with Crippen molar-refractivity contribution in [3.8, 4) is 0 Å². The molecule has 4 nitrogen and oxygen atoms in total. The normalized spacial score (nSPS) is 13.6. The van der Waals surface area contributed by atoms with Crippen LogP contribution in [0, 0.1) is 0 Å². The minimum absolute atomic E-state index is 0.431. The largest absolute Gasteiger partial charge is 0.388 e. The Kier molecular flexibility index (Phi) is 4.46. The van der Waals surface area contributed by atoms with Gasteiger partial charge in [-0.2, -0.15) is 8.78 Å². The molecule has 0 aliphatic carbocycles. The van der Waals surface area contributed by atoms with E-state index >= 15 is 0 Å². The van der Waals surface area contributed by atoms with E-state index in [0.717, 1.165) is 12.1 Å². The quantitative estimate of drug-likeness (QED) is 0.877. The maximum Gasteiger partial charge on any atom is 0.341 e. The van der Waals surface area contributed by atoms with Crippen LogP contribution < -0.4 is 5.32 Å². The summed E-state index contributed by atoms with van der Waals surface area (Å²) in [6.45, 7) is 6.82. The molecule has 114 valence electrons. The average molecular weight is 307 g/mol. The van der Waals surface area contributed by atoms with Crippen LogP contribution in [-0.4, -0.2) is 30.4 Å². The molecule has 0 unspecified atom stereocenters. The van der Waals surface area contributed by atoms with Crippen LogP contribution in [0.25, 0.3) is 0 Å². The van der Waals surface area contributed by atoms with E-state index in [1.54, 1.807) is 27.7 Å². The lowest BCUT2D eigenvalue weighted by atomic mass is 9.86. The number of anilines is 1. The van der Waals surface area contributed by atoms with Crippen LogP contribution in [0.5, 0.6) is 0 Å². The molecule has 0 aliphatic rings. The Labute approximate surface area is 117 Å². The summed E-state index contributed by atoms with van der Waals surface area (Å²) in [6.07, 6.45) is 0. The first-order valence-corrected chi connectivity index (χ1v) is 7.55. The summed E-state index contributed by atoms with van der Waals surface area (Å²) in [5, 5.41) is 13.0. The molecule has 1 rings (SSSR count).